The fourth-order valence-electron chi connectivity index (χ4n) is 2.02. The number of pyridine rings is 1. The summed E-state index contributed by atoms with van der Waals surface area (Å²) in [7, 11) is 0. The summed E-state index contributed by atoms with van der Waals surface area (Å²) in [4.78, 5) is 17.5. The minimum atomic E-state index is -0.233. The second kappa shape index (κ2) is 3.12. The van der Waals surface area contributed by atoms with Crippen LogP contribution in [0.25, 0.3) is 0 Å². The van der Waals surface area contributed by atoms with Crippen molar-refractivity contribution in [3.8, 4) is 0 Å². The van der Waals surface area contributed by atoms with Crippen LogP contribution in [0.5, 0.6) is 0 Å². The van der Waals surface area contributed by atoms with E-state index in [1.807, 2.05) is 12.1 Å². The third kappa shape index (κ3) is 1.23. The Morgan fingerprint density at radius 2 is 2.40 bits per heavy atom. The van der Waals surface area contributed by atoms with E-state index in [1.54, 1.807) is 11.1 Å². The zero-order valence-corrected chi connectivity index (χ0v) is 8.13. The maximum Gasteiger partial charge on any atom is 0.224 e. The lowest BCUT2D eigenvalue weighted by atomic mass is 10.2. The lowest BCUT2D eigenvalue weighted by molar-refractivity contribution is -0.129. The van der Waals surface area contributed by atoms with Gasteiger partial charge in [-0.2, -0.15) is 5.11 Å². The number of azo groups is 1. The number of carbonyl (C=O) groups is 1. The molecule has 0 saturated carbocycles. The largest absolute Gasteiger partial charge is 0.315 e. The molecular weight excluding hydrogens is 192 g/mol. The maximum absolute atomic E-state index is 11.6. The number of nitrogens with zero attached hydrogens (tertiary/aromatic N) is 4. The van der Waals surface area contributed by atoms with E-state index in [1.165, 1.54) is 0 Å². The topological polar surface area (TPSA) is 57.9 Å². The molecule has 2 aliphatic rings. The van der Waals surface area contributed by atoms with Crippen LogP contribution in [-0.4, -0.2) is 22.3 Å². The van der Waals surface area contributed by atoms with Crippen LogP contribution >= 0.6 is 0 Å². The first-order valence-corrected chi connectivity index (χ1v) is 5.01. The Bertz CT molecular complexity index is 443. The second-order valence-corrected chi connectivity index (χ2v) is 3.70. The van der Waals surface area contributed by atoms with Gasteiger partial charge in [0.2, 0.25) is 5.91 Å². The van der Waals surface area contributed by atoms with Gasteiger partial charge in [0.15, 0.2) is 12.0 Å². The second-order valence-electron chi connectivity index (χ2n) is 3.70. The number of rotatable bonds is 1. The molecule has 3 rings (SSSR count). The van der Waals surface area contributed by atoms with Crippen molar-refractivity contribution in [2.75, 3.05) is 6.54 Å². The molecule has 0 radical (unpaired) electrons. The van der Waals surface area contributed by atoms with Gasteiger partial charge in [0.1, 0.15) is 0 Å². The van der Waals surface area contributed by atoms with Crippen molar-refractivity contribution in [2.24, 2.45) is 10.2 Å². The molecule has 1 atom stereocenters. The fourth-order valence-corrected chi connectivity index (χ4v) is 2.02. The molecule has 1 amide bonds. The molecule has 0 aliphatic carbocycles. The zero-order valence-electron chi connectivity index (χ0n) is 8.13. The molecule has 1 saturated heterocycles. The van der Waals surface area contributed by atoms with Crippen LogP contribution in [0.15, 0.2) is 28.6 Å². The molecular formula is C10H10N4O. The summed E-state index contributed by atoms with van der Waals surface area (Å²) in [6, 6.07) is 3.78. The summed E-state index contributed by atoms with van der Waals surface area (Å²) < 4.78 is 0. The lowest BCUT2D eigenvalue weighted by Crippen LogP contribution is -2.27. The van der Waals surface area contributed by atoms with Crippen LogP contribution in [0.4, 0.5) is 5.82 Å². The van der Waals surface area contributed by atoms with Gasteiger partial charge in [-0.3, -0.25) is 4.79 Å². The van der Waals surface area contributed by atoms with Gasteiger partial charge in [-0.15, -0.1) is 5.11 Å². The molecule has 0 spiro atoms. The monoisotopic (exact) mass is 202 g/mol. The van der Waals surface area contributed by atoms with Crippen LogP contribution in [0.3, 0.4) is 0 Å². The number of hydrogen-bond donors (Lipinski definition) is 0. The van der Waals surface area contributed by atoms with Crippen molar-refractivity contribution in [2.45, 2.75) is 19.0 Å². The highest BCUT2D eigenvalue weighted by molar-refractivity contribution is 5.78. The Balaban J connectivity index is 1.97. The molecule has 1 aromatic heterocycles. The normalized spacial score (nSPS) is 23.6. The van der Waals surface area contributed by atoms with E-state index in [0.29, 0.717) is 12.2 Å². The average molecular weight is 202 g/mol. The van der Waals surface area contributed by atoms with Crippen molar-refractivity contribution in [1.82, 2.24) is 9.88 Å². The average Bonchev–Trinajstić information content (AvgIpc) is 2.83. The third-order valence-electron chi connectivity index (χ3n) is 2.76. The Morgan fingerprint density at radius 3 is 3.20 bits per heavy atom. The van der Waals surface area contributed by atoms with Gasteiger partial charge in [0.25, 0.3) is 0 Å². The van der Waals surface area contributed by atoms with Crippen molar-refractivity contribution >= 4 is 11.7 Å². The molecule has 0 aromatic carbocycles. The van der Waals surface area contributed by atoms with E-state index < -0.39 is 0 Å². The molecule has 5 heteroatoms. The van der Waals surface area contributed by atoms with Gasteiger partial charge in [-0.05, 0) is 18.6 Å². The summed E-state index contributed by atoms with van der Waals surface area (Å²) >= 11 is 0. The molecule has 0 bridgehead atoms. The van der Waals surface area contributed by atoms with Crippen molar-refractivity contribution in [3.05, 3.63) is 23.9 Å². The summed E-state index contributed by atoms with van der Waals surface area (Å²) in [5.74, 6) is 0.804. The molecule has 3 heterocycles. The van der Waals surface area contributed by atoms with E-state index in [-0.39, 0.29) is 12.1 Å². The van der Waals surface area contributed by atoms with Gasteiger partial charge >= 0.3 is 0 Å². The summed E-state index contributed by atoms with van der Waals surface area (Å²) in [6.07, 6.45) is 3.00. The Hall–Kier alpha value is -1.78. The molecule has 76 valence electrons. The highest BCUT2D eigenvalue weighted by Crippen LogP contribution is 2.37. The third-order valence-corrected chi connectivity index (χ3v) is 2.76. The van der Waals surface area contributed by atoms with E-state index in [9.17, 15) is 4.79 Å². The minimum absolute atomic E-state index is 0.163. The van der Waals surface area contributed by atoms with Gasteiger partial charge in [0, 0.05) is 24.7 Å². The maximum atomic E-state index is 11.6. The van der Waals surface area contributed by atoms with E-state index in [2.05, 4.69) is 15.2 Å². The predicted octanol–water partition coefficient (Wildman–Crippen LogP) is 1.80. The molecule has 0 unspecified atom stereocenters. The van der Waals surface area contributed by atoms with E-state index in [0.717, 1.165) is 18.5 Å². The number of carbonyl (C=O) groups excluding carboxylic acids is 1. The van der Waals surface area contributed by atoms with Gasteiger partial charge in [-0.25, -0.2) is 4.98 Å². The highest BCUT2D eigenvalue weighted by atomic mass is 16.2. The zero-order chi connectivity index (χ0) is 10.3. The fraction of sp³-hybridized carbons (Fsp3) is 0.400. The molecule has 15 heavy (non-hydrogen) atoms. The van der Waals surface area contributed by atoms with Crippen molar-refractivity contribution in [3.63, 3.8) is 0 Å². The van der Waals surface area contributed by atoms with Gasteiger partial charge < -0.3 is 4.90 Å². The van der Waals surface area contributed by atoms with Crippen LogP contribution in [-0.2, 0) is 4.79 Å². The number of amides is 1. The van der Waals surface area contributed by atoms with Gasteiger partial charge in [0.05, 0.1) is 0 Å². The molecule has 1 aromatic rings. The first-order valence-electron chi connectivity index (χ1n) is 5.01. The summed E-state index contributed by atoms with van der Waals surface area (Å²) in [6.45, 7) is 0.775. The quantitative estimate of drug-likeness (QED) is 0.697. The lowest BCUT2D eigenvalue weighted by Gasteiger charge is -2.20. The highest BCUT2D eigenvalue weighted by Gasteiger charge is 2.33. The van der Waals surface area contributed by atoms with E-state index in [4.69, 9.17) is 0 Å². The Kier molecular flexibility index (Phi) is 1.77. The van der Waals surface area contributed by atoms with Crippen LogP contribution in [0.2, 0.25) is 0 Å². The van der Waals surface area contributed by atoms with Gasteiger partial charge in [-0.1, -0.05) is 0 Å². The SMILES string of the molecule is O=C1CCCN1[C@H]1N=Nc2ncccc21. The molecule has 5 nitrogen and oxygen atoms in total. The minimum Gasteiger partial charge on any atom is -0.315 e. The van der Waals surface area contributed by atoms with Crippen LogP contribution < -0.4 is 0 Å². The first kappa shape index (κ1) is 8.52. The number of aromatic nitrogens is 1. The first-order chi connectivity index (χ1) is 7.36. The summed E-state index contributed by atoms with van der Waals surface area (Å²) in [5.41, 5.74) is 0.938. The predicted molar refractivity (Wildman–Crippen MR) is 52.4 cm³/mol. The molecule has 2 aliphatic heterocycles. The number of likely N-dealkylation sites (tertiary alicyclic amines) is 1. The Morgan fingerprint density at radius 1 is 1.47 bits per heavy atom. The number of hydrogen-bond acceptors (Lipinski definition) is 4. The van der Waals surface area contributed by atoms with Crippen molar-refractivity contribution in [1.29, 1.82) is 0 Å². The Labute approximate surface area is 86.8 Å². The van der Waals surface area contributed by atoms with Crippen LogP contribution in [0.1, 0.15) is 24.6 Å². The van der Waals surface area contributed by atoms with Crippen molar-refractivity contribution < 1.29 is 4.79 Å². The molecule has 1 fully saturated rings. The van der Waals surface area contributed by atoms with Crippen LogP contribution in [0, 0.1) is 0 Å². The smallest absolute Gasteiger partial charge is 0.224 e. The molecule has 0 N–H and O–H groups in total. The standard InChI is InChI=1S/C10H10N4O/c15-8-4-2-6-14(8)10-7-3-1-5-11-9(7)12-13-10/h1,3,5,10H,2,4,6H2/t10-/m1/s1. The number of fused-ring (bicyclic) bond motifs is 1. The van der Waals surface area contributed by atoms with E-state index >= 15 is 0 Å². The summed E-state index contributed by atoms with van der Waals surface area (Å²) in [5, 5.41) is 8.08.